The summed E-state index contributed by atoms with van der Waals surface area (Å²) in [5, 5.41) is 14.0. The van der Waals surface area contributed by atoms with Crippen LogP contribution >= 0.6 is 0 Å². The van der Waals surface area contributed by atoms with Gasteiger partial charge in [0, 0.05) is 25.2 Å². The predicted molar refractivity (Wildman–Crippen MR) is 132 cm³/mol. The molecule has 1 fully saturated rings. The Balaban J connectivity index is 0.000000174. The normalized spacial score (nSPS) is 15.6. The summed E-state index contributed by atoms with van der Waals surface area (Å²) in [4.78, 5) is 24.2. The Morgan fingerprint density at radius 3 is 2.61 bits per heavy atom. The van der Waals surface area contributed by atoms with Gasteiger partial charge in [0.1, 0.15) is 17.2 Å². The van der Waals surface area contributed by atoms with Gasteiger partial charge in [-0.2, -0.15) is 9.78 Å². The maximum atomic E-state index is 12.7. The van der Waals surface area contributed by atoms with Gasteiger partial charge in [0.05, 0.1) is 24.4 Å². The van der Waals surface area contributed by atoms with E-state index in [9.17, 15) is 19.1 Å². The van der Waals surface area contributed by atoms with Crippen LogP contribution < -0.4 is 15.4 Å². The van der Waals surface area contributed by atoms with Crippen LogP contribution in [0.25, 0.3) is 0 Å². The fourth-order valence-electron chi connectivity index (χ4n) is 3.74. The molecule has 3 aromatic rings. The van der Waals surface area contributed by atoms with Crippen LogP contribution in [0, 0.1) is 17.7 Å². The van der Waals surface area contributed by atoms with Gasteiger partial charge in [0.15, 0.2) is 0 Å². The summed E-state index contributed by atoms with van der Waals surface area (Å²) in [5.41, 5.74) is 7.40. The van der Waals surface area contributed by atoms with Crippen molar-refractivity contribution in [2.75, 3.05) is 18.6 Å². The highest BCUT2D eigenvalue weighted by molar-refractivity contribution is 5.95. The fraction of sp³-hybridized carbons (Fsp3) is 0.296. The largest absolute Gasteiger partial charge is 0.491 e. The Labute approximate surface area is 208 Å². The van der Waals surface area contributed by atoms with Crippen molar-refractivity contribution in [2.24, 2.45) is 5.73 Å². The average molecular weight is 491 g/mol. The molecule has 1 aromatic heterocycles. The summed E-state index contributed by atoms with van der Waals surface area (Å²) in [6, 6.07) is 12.8. The number of carbonyl (C=O) groups is 2. The number of aromatic nitrogens is 2. The molecule has 0 unspecified atom stereocenters. The molecule has 186 valence electrons. The molecule has 0 radical (unpaired) electrons. The van der Waals surface area contributed by atoms with E-state index in [-0.39, 0.29) is 11.7 Å². The highest BCUT2D eigenvalue weighted by atomic mass is 19.1. The van der Waals surface area contributed by atoms with Gasteiger partial charge in [0.25, 0.3) is 0 Å². The smallest absolute Gasteiger partial charge is 0.339 e. The topological polar surface area (TPSA) is 111 Å². The minimum Gasteiger partial charge on any atom is -0.491 e. The SMILES string of the molecule is CN1C(=O)CCOc2ccc(C#CC3(O)CCC3)cc21.NC(=O)n1ccc(Cc2ccc(F)cc2)n1. The average Bonchev–Trinajstić information content (AvgIpc) is 3.27. The van der Waals surface area contributed by atoms with Gasteiger partial charge < -0.3 is 20.5 Å². The van der Waals surface area contributed by atoms with Gasteiger partial charge in [-0.05, 0) is 61.2 Å². The van der Waals surface area contributed by atoms with Crippen LogP contribution in [0.5, 0.6) is 5.75 Å². The van der Waals surface area contributed by atoms with E-state index in [0.717, 1.165) is 40.8 Å². The summed E-state index contributed by atoms with van der Waals surface area (Å²) in [6.45, 7) is 0.404. The second-order valence-electron chi connectivity index (χ2n) is 8.76. The van der Waals surface area contributed by atoms with Gasteiger partial charge in [-0.3, -0.25) is 4.79 Å². The number of aliphatic hydroxyl groups is 1. The standard InChI is InChI=1S/C16H17NO3.C11H10FN3O/c1-17-13-11-12(5-9-16(19)7-2-8-16)3-4-14(13)20-10-6-15(17)18;12-9-3-1-8(2-4-9)7-10-5-6-15(14-10)11(13)16/h3-4,11,19H,2,6-8,10H2,1H3;1-6H,7H2,(H2,13,16). The molecule has 8 nitrogen and oxygen atoms in total. The highest BCUT2D eigenvalue weighted by Gasteiger charge is 2.32. The molecule has 0 spiro atoms. The third-order valence-corrected chi connectivity index (χ3v) is 6.06. The Morgan fingerprint density at radius 2 is 1.97 bits per heavy atom. The number of benzene rings is 2. The number of nitrogens with two attached hydrogens (primary N) is 1. The first kappa shape index (κ1) is 24.9. The number of nitrogens with zero attached hydrogens (tertiary/aromatic N) is 3. The fourth-order valence-corrected chi connectivity index (χ4v) is 3.74. The van der Waals surface area contributed by atoms with E-state index >= 15 is 0 Å². The van der Waals surface area contributed by atoms with E-state index in [2.05, 4.69) is 16.9 Å². The molecule has 5 rings (SSSR count). The first-order chi connectivity index (χ1) is 17.2. The number of primary amides is 1. The van der Waals surface area contributed by atoms with Crippen LogP contribution in [0.15, 0.2) is 54.7 Å². The van der Waals surface area contributed by atoms with Crippen LogP contribution in [0.4, 0.5) is 14.9 Å². The van der Waals surface area contributed by atoms with Crippen molar-refractivity contribution in [3.63, 3.8) is 0 Å². The minimum atomic E-state index is -0.814. The van der Waals surface area contributed by atoms with Crippen molar-refractivity contribution in [1.82, 2.24) is 9.78 Å². The van der Waals surface area contributed by atoms with Gasteiger partial charge in [-0.25, -0.2) is 9.18 Å². The number of carbonyl (C=O) groups excluding carboxylic acids is 2. The molecular weight excluding hydrogens is 463 g/mol. The molecule has 36 heavy (non-hydrogen) atoms. The Hall–Kier alpha value is -4.16. The van der Waals surface area contributed by atoms with Crippen LogP contribution in [0.3, 0.4) is 0 Å². The Morgan fingerprint density at radius 1 is 1.22 bits per heavy atom. The van der Waals surface area contributed by atoms with Crippen molar-refractivity contribution >= 4 is 17.6 Å². The molecule has 1 aliphatic carbocycles. The Bertz CT molecular complexity index is 1320. The molecule has 2 aliphatic rings. The monoisotopic (exact) mass is 490 g/mol. The van der Waals surface area contributed by atoms with E-state index in [1.54, 1.807) is 30.1 Å². The lowest BCUT2D eigenvalue weighted by Gasteiger charge is -2.30. The maximum Gasteiger partial charge on any atom is 0.339 e. The molecule has 1 saturated carbocycles. The lowest BCUT2D eigenvalue weighted by Crippen LogP contribution is -2.34. The van der Waals surface area contributed by atoms with E-state index in [0.29, 0.717) is 30.9 Å². The minimum absolute atomic E-state index is 0.0338. The molecular formula is C27H27FN4O4. The third kappa shape index (κ3) is 6.09. The van der Waals surface area contributed by atoms with E-state index < -0.39 is 11.6 Å². The first-order valence-corrected chi connectivity index (χ1v) is 11.6. The number of halogens is 1. The quantitative estimate of drug-likeness (QED) is 0.536. The summed E-state index contributed by atoms with van der Waals surface area (Å²) < 4.78 is 19.3. The first-order valence-electron chi connectivity index (χ1n) is 11.6. The van der Waals surface area contributed by atoms with E-state index in [1.165, 1.54) is 18.3 Å². The molecule has 3 N–H and O–H groups in total. The molecule has 2 aromatic carbocycles. The number of hydrogen-bond acceptors (Lipinski definition) is 5. The Kier molecular flexibility index (Phi) is 7.36. The van der Waals surface area contributed by atoms with Gasteiger partial charge in [-0.1, -0.05) is 24.0 Å². The van der Waals surface area contributed by atoms with Gasteiger partial charge in [0.2, 0.25) is 5.91 Å². The zero-order valence-electron chi connectivity index (χ0n) is 19.9. The van der Waals surface area contributed by atoms with Crippen molar-refractivity contribution in [3.8, 4) is 17.6 Å². The highest BCUT2D eigenvalue weighted by Crippen LogP contribution is 2.33. The van der Waals surface area contributed by atoms with Gasteiger partial charge in [-0.15, -0.1) is 0 Å². The van der Waals surface area contributed by atoms with E-state index in [1.807, 2.05) is 18.2 Å². The maximum absolute atomic E-state index is 12.7. The zero-order valence-corrected chi connectivity index (χ0v) is 19.9. The van der Waals surface area contributed by atoms with Crippen molar-refractivity contribution < 1.29 is 23.8 Å². The number of anilines is 1. The van der Waals surface area contributed by atoms with Crippen molar-refractivity contribution in [2.45, 2.75) is 37.7 Å². The van der Waals surface area contributed by atoms with Crippen LogP contribution in [-0.4, -0.2) is 46.1 Å². The van der Waals surface area contributed by atoms with Crippen molar-refractivity contribution in [3.05, 3.63) is 77.4 Å². The molecule has 0 saturated heterocycles. The number of amides is 2. The van der Waals surface area contributed by atoms with E-state index in [4.69, 9.17) is 10.5 Å². The second kappa shape index (κ2) is 10.6. The number of fused-ring (bicyclic) bond motifs is 1. The zero-order chi connectivity index (χ0) is 25.7. The van der Waals surface area contributed by atoms with Crippen LogP contribution in [-0.2, 0) is 11.2 Å². The molecule has 2 amide bonds. The molecule has 0 atom stereocenters. The van der Waals surface area contributed by atoms with Gasteiger partial charge >= 0.3 is 6.03 Å². The van der Waals surface area contributed by atoms with Crippen LogP contribution in [0.2, 0.25) is 0 Å². The summed E-state index contributed by atoms with van der Waals surface area (Å²) in [6.07, 6.45) is 4.94. The van der Waals surface area contributed by atoms with Crippen molar-refractivity contribution in [1.29, 1.82) is 0 Å². The third-order valence-electron chi connectivity index (χ3n) is 6.06. The molecule has 9 heteroatoms. The summed E-state index contributed by atoms with van der Waals surface area (Å²) in [5.74, 6) is 6.38. The number of ether oxygens (including phenoxy) is 1. The van der Waals surface area contributed by atoms with Crippen LogP contribution in [0.1, 0.15) is 42.5 Å². The lowest BCUT2D eigenvalue weighted by atomic mass is 9.81. The second-order valence-corrected chi connectivity index (χ2v) is 8.76. The molecule has 1 aliphatic heterocycles. The summed E-state index contributed by atoms with van der Waals surface area (Å²) >= 11 is 0. The molecule has 0 bridgehead atoms. The number of hydrogen-bond donors (Lipinski definition) is 2. The lowest BCUT2D eigenvalue weighted by molar-refractivity contribution is -0.118. The predicted octanol–water partition coefficient (Wildman–Crippen LogP) is 3.24. The summed E-state index contributed by atoms with van der Waals surface area (Å²) in [7, 11) is 1.74. The number of rotatable bonds is 2. The molecule has 2 heterocycles.